The summed E-state index contributed by atoms with van der Waals surface area (Å²) in [7, 11) is 0. The van der Waals surface area contributed by atoms with Gasteiger partial charge in [0, 0.05) is 0 Å². The standard InChI is InChI=1S/C13H21Cl2NO3/c1-4-5-6-7-8-10(13(18)19-9(2)3)16-12(17)11(14)15/h8-9,11H,4-7H2,1-3H3,(H,16,17)/b10-8-. The molecule has 0 bridgehead atoms. The molecule has 0 aliphatic heterocycles. The second-order valence-electron chi connectivity index (χ2n) is 4.36. The number of rotatable bonds is 8. The van der Waals surface area contributed by atoms with E-state index in [2.05, 4.69) is 12.2 Å². The minimum absolute atomic E-state index is 0.0982. The molecule has 0 saturated heterocycles. The summed E-state index contributed by atoms with van der Waals surface area (Å²) >= 11 is 10.9. The van der Waals surface area contributed by atoms with Crippen molar-refractivity contribution in [1.29, 1.82) is 0 Å². The van der Waals surface area contributed by atoms with Crippen LogP contribution in [0.15, 0.2) is 11.8 Å². The highest BCUT2D eigenvalue weighted by Gasteiger charge is 2.19. The van der Waals surface area contributed by atoms with Crippen molar-refractivity contribution in [2.75, 3.05) is 0 Å². The summed E-state index contributed by atoms with van der Waals surface area (Å²) in [5.41, 5.74) is 0.0982. The van der Waals surface area contributed by atoms with Crippen molar-refractivity contribution in [1.82, 2.24) is 5.32 Å². The normalized spacial score (nSPS) is 11.8. The predicted molar refractivity (Wildman–Crippen MR) is 77.1 cm³/mol. The van der Waals surface area contributed by atoms with Crippen LogP contribution >= 0.6 is 23.2 Å². The van der Waals surface area contributed by atoms with Gasteiger partial charge in [0.2, 0.25) is 0 Å². The second kappa shape index (κ2) is 10.1. The molecule has 0 heterocycles. The number of hydrogen-bond donors (Lipinski definition) is 1. The average Bonchev–Trinajstić information content (AvgIpc) is 2.31. The molecule has 0 aliphatic rings. The van der Waals surface area contributed by atoms with Crippen molar-refractivity contribution >= 4 is 35.1 Å². The molecule has 1 amide bonds. The molecule has 19 heavy (non-hydrogen) atoms. The van der Waals surface area contributed by atoms with Gasteiger partial charge >= 0.3 is 5.97 Å². The molecule has 0 spiro atoms. The molecular formula is C13H21Cl2NO3. The summed E-state index contributed by atoms with van der Waals surface area (Å²) < 4.78 is 5.04. The summed E-state index contributed by atoms with van der Waals surface area (Å²) in [4.78, 5) is 22.0. The first-order valence-electron chi connectivity index (χ1n) is 6.38. The summed E-state index contributed by atoms with van der Waals surface area (Å²) in [6, 6.07) is 0. The zero-order chi connectivity index (χ0) is 14.8. The van der Waals surface area contributed by atoms with E-state index in [-0.39, 0.29) is 11.8 Å². The summed E-state index contributed by atoms with van der Waals surface area (Å²) in [6.07, 6.45) is 5.16. The first kappa shape index (κ1) is 18.3. The lowest BCUT2D eigenvalue weighted by Gasteiger charge is -2.12. The monoisotopic (exact) mass is 309 g/mol. The molecule has 0 radical (unpaired) electrons. The van der Waals surface area contributed by atoms with E-state index in [1.54, 1.807) is 19.9 Å². The highest BCUT2D eigenvalue weighted by molar-refractivity contribution is 6.53. The van der Waals surface area contributed by atoms with Crippen LogP contribution in [-0.2, 0) is 14.3 Å². The Morgan fingerprint density at radius 2 is 1.89 bits per heavy atom. The van der Waals surface area contributed by atoms with Crippen LogP contribution in [0.25, 0.3) is 0 Å². The van der Waals surface area contributed by atoms with E-state index < -0.39 is 16.7 Å². The van der Waals surface area contributed by atoms with Crippen LogP contribution in [0.3, 0.4) is 0 Å². The number of halogens is 2. The van der Waals surface area contributed by atoms with Crippen LogP contribution < -0.4 is 5.32 Å². The smallest absolute Gasteiger partial charge is 0.354 e. The maximum absolute atomic E-state index is 11.8. The molecule has 0 aromatic heterocycles. The molecule has 0 aromatic rings. The molecule has 0 aromatic carbocycles. The number of ether oxygens (including phenoxy) is 1. The van der Waals surface area contributed by atoms with Gasteiger partial charge in [-0.05, 0) is 26.7 Å². The molecule has 0 fully saturated rings. The number of unbranched alkanes of at least 4 members (excludes halogenated alkanes) is 3. The molecule has 6 heteroatoms. The minimum atomic E-state index is -1.22. The van der Waals surface area contributed by atoms with Gasteiger partial charge in [0.1, 0.15) is 5.70 Å². The Kier molecular flexibility index (Phi) is 9.70. The van der Waals surface area contributed by atoms with Gasteiger partial charge in [0.15, 0.2) is 4.84 Å². The third-order valence-corrected chi connectivity index (χ3v) is 2.57. The SMILES string of the molecule is CCCCC/C=C(\NC(=O)C(Cl)Cl)C(=O)OC(C)C. The van der Waals surface area contributed by atoms with Gasteiger partial charge in [-0.2, -0.15) is 0 Å². The Morgan fingerprint density at radius 3 is 2.37 bits per heavy atom. The number of amides is 1. The fourth-order valence-electron chi connectivity index (χ4n) is 1.29. The minimum Gasteiger partial charge on any atom is -0.458 e. The van der Waals surface area contributed by atoms with Crippen LogP contribution in [0, 0.1) is 0 Å². The van der Waals surface area contributed by atoms with E-state index in [9.17, 15) is 9.59 Å². The maximum atomic E-state index is 11.8. The summed E-state index contributed by atoms with van der Waals surface area (Å²) in [6.45, 7) is 5.56. The van der Waals surface area contributed by atoms with Crippen molar-refractivity contribution in [3.8, 4) is 0 Å². The third-order valence-electron chi connectivity index (χ3n) is 2.17. The first-order valence-corrected chi connectivity index (χ1v) is 7.25. The molecule has 110 valence electrons. The van der Waals surface area contributed by atoms with Crippen LogP contribution in [-0.4, -0.2) is 22.8 Å². The Balaban J connectivity index is 4.62. The van der Waals surface area contributed by atoms with E-state index >= 15 is 0 Å². The van der Waals surface area contributed by atoms with E-state index in [1.165, 1.54) is 0 Å². The van der Waals surface area contributed by atoms with Gasteiger partial charge in [0.25, 0.3) is 5.91 Å². The van der Waals surface area contributed by atoms with Crippen LogP contribution in [0.1, 0.15) is 46.5 Å². The summed E-state index contributed by atoms with van der Waals surface area (Å²) in [5, 5.41) is 2.38. The molecule has 1 N–H and O–H groups in total. The van der Waals surface area contributed by atoms with Crippen molar-refractivity contribution in [3.05, 3.63) is 11.8 Å². The third kappa shape index (κ3) is 8.89. The number of carbonyl (C=O) groups is 2. The van der Waals surface area contributed by atoms with Gasteiger partial charge in [-0.15, -0.1) is 0 Å². The number of carbonyl (C=O) groups excluding carboxylic acids is 2. The van der Waals surface area contributed by atoms with Gasteiger partial charge < -0.3 is 10.1 Å². The van der Waals surface area contributed by atoms with Gasteiger partial charge in [0.05, 0.1) is 6.10 Å². The number of hydrogen-bond acceptors (Lipinski definition) is 3. The van der Waals surface area contributed by atoms with Gasteiger partial charge in [-0.3, -0.25) is 4.79 Å². The Bertz CT molecular complexity index is 328. The van der Waals surface area contributed by atoms with Crippen molar-refractivity contribution in [2.45, 2.75) is 57.4 Å². The fraction of sp³-hybridized carbons (Fsp3) is 0.692. The molecule has 0 unspecified atom stereocenters. The topological polar surface area (TPSA) is 55.4 Å². The van der Waals surface area contributed by atoms with E-state index in [0.29, 0.717) is 6.42 Å². The Hall–Kier alpha value is -0.740. The van der Waals surface area contributed by atoms with E-state index in [1.807, 2.05) is 0 Å². The van der Waals surface area contributed by atoms with Crippen LogP contribution in [0.5, 0.6) is 0 Å². The molecule has 0 saturated carbocycles. The average molecular weight is 310 g/mol. The predicted octanol–water partition coefficient (Wildman–Crippen LogP) is 3.32. The number of alkyl halides is 2. The lowest BCUT2D eigenvalue weighted by Crippen LogP contribution is -2.33. The summed E-state index contributed by atoms with van der Waals surface area (Å²) in [5.74, 6) is -1.21. The van der Waals surface area contributed by atoms with Gasteiger partial charge in [-0.1, -0.05) is 49.0 Å². The quantitative estimate of drug-likeness (QED) is 0.324. The Labute approximate surface area is 124 Å². The van der Waals surface area contributed by atoms with Gasteiger partial charge in [-0.25, -0.2) is 4.79 Å². The number of nitrogens with one attached hydrogen (secondary N) is 1. The Morgan fingerprint density at radius 1 is 1.26 bits per heavy atom. The van der Waals surface area contributed by atoms with Crippen LogP contribution in [0.4, 0.5) is 0 Å². The number of allylic oxidation sites excluding steroid dienone is 1. The van der Waals surface area contributed by atoms with Crippen molar-refractivity contribution < 1.29 is 14.3 Å². The van der Waals surface area contributed by atoms with E-state index in [4.69, 9.17) is 27.9 Å². The largest absolute Gasteiger partial charge is 0.458 e. The van der Waals surface area contributed by atoms with E-state index in [0.717, 1.165) is 19.3 Å². The first-order chi connectivity index (χ1) is 8.88. The molecular weight excluding hydrogens is 289 g/mol. The van der Waals surface area contributed by atoms with Crippen molar-refractivity contribution in [2.24, 2.45) is 0 Å². The maximum Gasteiger partial charge on any atom is 0.354 e. The lowest BCUT2D eigenvalue weighted by atomic mass is 10.2. The highest BCUT2D eigenvalue weighted by atomic mass is 35.5. The molecule has 0 atom stereocenters. The molecule has 0 rings (SSSR count). The molecule has 0 aliphatic carbocycles. The number of esters is 1. The lowest BCUT2D eigenvalue weighted by molar-refractivity contribution is -0.144. The highest BCUT2D eigenvalue weighted by Crippen LogP contribution is 2.07. The second-order valence-corrected chi connectivity index (χ2v) is 5.45. The fourth-order valence-corrected chi connectivity index (χ4v) is 1.40. The van der Waals surface area contributed by atoms with Crippen molar-refractivity contribution in [3.63, 3.8) is 0 Å². The molecule has 4 nitrogen and oxygen atoms in total. The zero-order valence-corrected chi connectivity index (χ0v) is 13.1. The zero-order valence-electron chi connectivity index (χ0n) is 11.5. The van der Waals surface area contributed by atoms with Crippen LogP contribution in [0.2, 0.25) is 0 Å².